The molecule has 3 aliphatic rings. The molecule has 34 heavy (non-hydrogen) atoms. The summed E-state index contributed by atoms with van der Waals surface area (Å²) in [5, 5.41) is 11.8. The lowest BCUT2D eigenvalue weighted by atomic mass is 9.91. The van der Waals surface area contributed by atoms with Crippen molar-refractivity contribution >= 4 is 18.0 Å². The molecule has 0 bridgehead atoms. The molecule has 178 valence electrons. The van der Waals surface area contributed by atoms with Gasteiger partial charge in [-0.15, -0.1) is 0 Å². The maximum absolute atomic E-state index is 13.0. The number of carboxylic acid groups (broad SMARTS) is 1. The SMILES string of the molecule is O=C(O)CCC1CN(C(=O)C2CCCC2NC(=O)OCC2c3ccccc3-c3ccccc32)C1. The van der Waals surface area contributed by atoms with Crippen LogP contribution in [0, 0.1) is 11.8 Å². The lowest BCUT2D eigenvalue weighted by Crippen LogP contribution is -2.54. The Morgan fingerprint density at radius 1 is 0.971 bits per heavy atom. The molecule has 2 atom stereocenters. The highest BCUT2D eigenvalue weighted by Gasteiger charge is 2.41. The van der Waals surface area contributed by atoms with E-state index in [4.69, 9.17) is 9.84 Å². The largest absolute Gasteiger partial charge is 0.481 e. The third-order valence-electron chi connectivity index (χ3n) is 7.52. The first kappa shape index (κ1) is 22.4. The molecule has 1 saturated heterocycles. The van der Waals surface area contributed by atoms with Crippen LogP contribution in [-0.4, -0.2) is 53.7 Å². The minimum absolute atomic E-state index is 0.00276. The van der Waals surface area contributed by atoms with Gasteiger partial charge in [0.15, 0.2) is 0 Å². The number of carbonyl (C=O) groups is 3. The fourth-order valence-electron chi connectivity index (χ4n) is 5.71. The number of alkyl carbamates (subject to hydrolysis) is 1. The number of hydrogen-bond acceptors (Lipinski definition) is 4. The van der Waals surface area contributed by atoms with Crippen molar-refractivity contribution in [3.63, 3.8) is 0 Å². The Morgan fingerprint density at radius 2 is 1.62 bits per heavy atom. The second-order valence-electron chi connectivity index (χ2n) is 9.66. The summed E-state index contributed by atoms with van der Waals surface area (Å²) >= 11 is 0. The van der Waals surface area contributed by atoms with Gasteiger partial charge in [0.1, 0.15) is 6.61 Å². The normalized spacial score (nSPS) is 21.5. The first-order valence-corrected chi connectivity index (χ1v) is 12.1. The van der Waals surface area contributed by atoms with E-state index in [0.717, 1.165) is 19.3 Å². The quantitative estimate of drug-likeness (QED) is 0.648. The Labute approximate surface area is 199 Å². The molecule has 1 aliphatic heterocycles. The third-order valence-corrected chi connectivity index (χ3v) is 7.52. The first-order chi connectivity index (χ1) is 16.5. The van der Waals surface area contributed by atoms with Crippen LogP contribution in [0.15, 0.2) is 48.5 Å². The molecular weight excluding hydrogens is 432 g/mol. The van der Waals surface area contributed by atoms with Crippen LogP contribution in [0.25, 0.3) is 11.1 Å². The van der Waals surface area contributed by atoms with Crippen LogP contribution >= 0.6 is 0 Å². The molecule has 5 rings (SSSR count). The van der Waals surface area contributed by atoms with Gasteiger partial charge in [0.05, 0.1) is 5.92 Å². The van der Waals surface area contributed by atoms with E-state index in [2.05, 4.69) is 29.6 Å². The van der Waals surface area contributed by atoms with Crippen molar-refractivity contribution in [1.29, 1.82) is 0 Å². The number of likely N-dealkylation sites (tertiary alicyclic amines) is 1. The fourth-order valence-corrected chi connectivity index (χ4v) is 5.71. The second-order valence-corrected chi connectivity index (χ2v) is 9.66. The minimum atomic E-state index is -0.798. The van der Waals surface area contributed by atoms with Gasteiger partial charge in [-0.25, -0.2) is 4.79 Å². The number of amides is 2. The van der Waals surface area contributed by atoms with Crippen molar-refractivity contribution < 1.29 is 24.2 Å². The molecule has 2 aromatic rings. The molecule has 2 unspecified atom stereocenters. The number of carboxylic acids is 1. The van der Waals surface area contributed by atoms with E-state index < -0.39 is 12.1 Å². The average Bonchev–Trinajstić information content (AvgIpc) is 3.39. The average molecular weight is 463 g/mol. The smallest absolute Gasteiger partial charge is 0.407 e. The number of benzene rings is 2. The highest BCUT2D eigenvalue weighted by atomic mass is 16.5. The van der Waals surface area contributed by atoms with E-state index in [1.165, 1.54) is 22.3 Å². The zero-order valence-corrected chi connectivity index (χ0v) is 19.1. The van der Waals surface area contributed by atoms with Gasteiger partial charge in [0.25, 0.3) is 0 Å². The van der Waals surface area contributed by atoms with Crippen molar-refractivity contribution in [2.24, 2.45) is 11.8 Å². The van der Waals surface area contributed by atoms with Crippen molar-refractivity contribution in [3.8, 4) is 11.1 Å². The summed E-state index contributed by atoms with van der Waals surface area (Å²) in [4.78, 5) is 38.2. The van der Waals surface area contributed by atoms with Crippen molar-refractivity contribution in [1.82, 2.24) is 10.2 Å². The number of hydrogen-bond donors (Lipinski definition) is 2. The maximum Gasteiger partial charge on any atom is 0.407 e. The maximum atomic E-state index is 13.0. The van der Waals surface area contributed by atoms with Gasteiger partial charge in [0, 0.05) is 31.5 Å². The van der Waals surface area contributed by atoms with Gasteiger partial charge in [0.2, 0.25) is 5.91 Å². The fraction of sp³-hybridized carbons (Fsp3) is 0.444. The summed E-state index contributed by atoms with van der Waals surface area (Å²) in [5.41, 5.74) is 4.70. The number of fused-ring (bicyclic) bond motifs is 3. The lowest BCUT2D eigenvalue weighted by Gasteiger charge is -2.41. The molecule has 7 nitrogen and oxygen atoms in total. The minimum Gasteiger partial charge on any atom is -0.481 e. The van der Waals surface area contributed by atoms with E-state index in [9.17, 15) is 14.4 Å². The Morgan fingerprint density at radius 3 is 2.26 bits per heavy atom. The number of carbonyl (C=O) groups excluding carboxylic acids is 2. The summed E-state index contributed by atoms with van der Waals surface area (Å²) in [6.07, 6.45) is 2.67. The van der Waals surface area contributed by atoms with Crippen LogP contribution in [0.3, 0.4) is 0 Å². The van der Waals surface area contributed by atoms with Crippen molar-refractivity contribution in [2.45, 2.75) is 44.1 Å². The Balaban J connectivity index is 1.15. The van der Waals surface area contributed by atoms with Crippen LogP contribution in [0.4, 0.5) is 4.79 Å². The van der Waals surface area contributed by atoms with Crippen LogP contribution < -0.4 is 5.32 Å². The van der Waals surface area contributed by atoms with Crippen LogP contribution in [0.5, 0.6) is 0 Å². The molecule has 2 aliphatic carbocycles. The highest BCUT2D eigenvalue weighted by Crippen LogP contribution is 2.44. The number of aliphatic carboxylic acids is 1. The van der Waals surface area contributed by atoms with Crippen LogP contribution in [-0.2, 0) is 14.3 Å². The van der Waals surface area contributed by atoms with Crippen LogP contribution in [0.1, 0.15) is 49.1 Å². The van der Waals surface area contributed by atoms with Crippen molar-refractivity contribution in [3.05, 3.63) is 59.7 Å². The summed E-state index contributed by atoms with van der Waals surface area (Å²) in [5.74, 6) is -0.708. The second kappa shape index (κ2) is 9.49. The molecule has 0 radical (unpaired) electrons. The monoisotopic (exact) mass is 462 g/mol. The van der Waals surface area contributed by atoms with Crippen molar-refractivity contribution in [2.75, 3.05) is 19.7 Å². The summed E-state index contributed by atoms with van der Waals surface area (Å²) in [6, 6.07) is 16.2. The van der Waals surface area contributed by atoms with Gasteiger partial charge < -0.3 is 20.1 Å². The van der Waals surface area contributed by atoms with Gasteiger partial charge in [-0.3, -0.25) is 9.59 Å². The number of nitrogens with zero attached hydrogens (tertiary/aromatic N) is 1. The van der Waals surface area contributed by atoms with E-state index in [0.29, 0.717) is 19.5 Å². The van der Waals surface area contributed by atoms with E-state index >= 15 is 0 Å². The zero-order valence-electron chi connectivity index (χ0n) is 19.1. The Kier molecular flexibility index (Phi) is 6.26. The Hall–Kier alpha value is -3.35. The number of ether oxygens (including phenoxy) is 1. The van der Waals surface area contributed by atoms with Gasteiger partial charge in [-0.05, 0) is 47.4 Å². The predicted octanol–water partition coefficient (Wildman–Crippen LogP) is 4.02. The first-order valence-electron chi connectivity index (χ1n) is 12.1. The Bertz CT molecular complexity index is 1050. The summed E-state index contributed by atoms with van der Waals surface area (Å²) < 4.78 is 5.67. The molecule has 0 spiro atoms. The molecule has 2 aromatic carbocycles. The van der Waals surface area contributed by atoms with Gasteiger partial charge >= 0.3 is 12.1 Å². The van der Waals surface area contributed by atoms with Crippen LogP contribution in [0.2, 0.25) is 0 Å². The predicted molar refractivity (Wildman–Crippen MR) is 126 cm³/mol. The standard InChI is InChI=1S/C27H30N2O5/c30-25(31)13-12-17-14-29(15-17)26(32)22-10-5-11-24(22)28-27(33)34-16-23-20-8-3-1-6-18(20)19-7-2-4-9-21(19)23/h1-4,6-9,17,22-24H,5,10-16H2,(H,28,33)(H,30,31). The third kappa shape index (κ3) is 4.39. The molecule has 1 saturated carbocycles. The molecule has 7 heteroatoms. The van der Waals surface area contributed by atoms with E-state index in [1.807, 2.05) is 24.3 Å². The van der Waals surface area contributed by atoms with Gasteiger partial charge in [-0.1, -0.05) is 55.0 Å². The summed E-state index contributed by atoms with van der Waals surface area (Å²) in [6.45, 7) is 1.48. The number of rotatable bonds is 7. The van der Waals surface area contributed by atoms with E-state index in [-0.39, 0.29) is 42.7 Å². The molecule has 2 N–H and O–H groups in total. The van der Waals surface area contributed by atoms with Gasteiger partial charge in [-0.2, -0.15) is 0 Å². The molecule has 2 amide bonds. The molecule has 0 aromatic heterocycles. The van der Waals surface area contributed by atoms with E-state index in [1.54, 1.807) is 4.90 Å². The number of nitrogens with one attached hydrogen (secondary N) is 1. The summed E-state index contributed by atoms with van der Waals surface area (Å²) in [7, 11) is 0. The zero-order chi connectivity index (χ0) is 23.7. The lowest BCUT2D eigenvalue weighted by molar-refractivity contribution is -0.143. The highest BCUT2D eigenvalue weighted by molar-refractivity contribution is 5.82. The molecular formula is C27H30N2O5. The topological polar surface area (TPSA) is 95.9 Å². The molecule has 2 fully saturated rings. The molecule has 1 heterocycles.